The second-order valence-electron chi connectivity index (χ2n) is 1.53. The fraction of sp³-hybridized carbons (Fsp3) is 0.750. The Balaban J connectivity index is 3.33. The van der Waals surface area contributed by atoms with E-state index in [2.05, 4.69) is 10.9 Å². The molecule has 0 aromatic carbocycles. The average Bonchev–Trinajstić information content (AvgIpc) is 1.67. The van der Waals surface area contributed by atoms with Crippen LogP contribution in [0.5, 0.6) is 0 Å². The maximum absolute atomic E-state index is 10.4. The van der Waals surface area contributed by atoms with E-state index in [0.717, 1.165) is 0 Å². The van der Waals surface area contributed by atoms with Crippen molar-refractivity contribution in [3.63, 3.8) is 0 Å². The second-order valence-corrected chi connectivity index (χ2v) is 1.53. The molecule has 4 heteroatoms. The fourth-order valence-corrected chi connectivity index (χ4v) is 0.237. The van der Waals surface area contributed by atoms with Gasteiger partial charge in [-0.05, 0) is 6.92 Å². The lowest BCUT2D eigenvalue weighted by Gasteiger charge is -2.03. The van der Waals surface area contributed by atoms with Crippen LogP contribution in [0.25, 0.3) is 0 Å². The van der Waals surface area contributed by atoms with E-state index in [4.69, 9.17) is 5.73 Å². The number of carbonyl (C=O) groups excluding carboxylic acids is 1. The van der Waals surface area contributed by atoms with Gasteiger partial charge >= 0.3 is 0 Å². The molecule has 4 N–H and O–H groups in total. The maximum atomic E-state index is 10.4. The molecular formula is C4H11N3O. The SMILES string of the molecule is CNNC(=O)C(C)N. The largest absolute Gasteiger partial charge is 0.320 e. The van der Waals surface area contributed by atoms with Crippen molar-refractivity contribution in [2.75, 3.05) is 7.05 Å². The molecule has 1 amide bonds. The Morgan fingerprint density at radius 1 is 1.75 bits per heavy atom. The standard InChI is InChI=1S/C4H11N3O/c1-3(5)4(8)7-6-2/h3,6H,5H2,1-2H3,(H,7,8). The third-order valence-electron chi connectivity index (χ3n) is 0.662. The molecule has 0 fully saturated rings. The minimum Gasteiger partial charge on any atom is -0.320 e. The predicted molar refractivity (Wildman–Crippen MR) is 30.9 cm³/mol. The quantitative estimate of drug-likeness (QED) is 0.389. The molecule has 8 heavy (non-hydrogen) atoms. The number of amides is 1. The highest BCUT2D eigenvalue weighted by Crippen LogP contribution is 1.69. The van der Waals surface area contributed by atoms with Gasteiger partial charge in [0.05, 0.1) is 6.04 Å². The molecule has 0 bridgehead atoms. The third-order valence-corrected chi connectivity index (χ3v) is 0.662. The van der Waals surface area contributed by atoms with Gasteiger partial charge in [-0.15, -0.1) is 0 Å². The molecule has 4 nitrogen and oxygen atoms in total. The van der Waals surface area contributed by atoms with Gasteiger partial charge in [0.2, 0.25) is 0 Å². The molecule has 1 atom stereocenters. The Hall–Kier alpha value is -0.610. The highest BCUT2D eigenvalue weighted by atomic mass is 16.2. The molecule has 0 radical (unpaired) electrons. The van der Waals surface area contributed by atoms with E-state index >= 15 is 0 Å². The van der Waals surface area contributed by atoms with E-state index in [1.54, 1.807) is 14.0 Å². The van der Waals surface area contributed by atoms with E-state index in [0.29, 0.717) is 0 Å². The molecule has 0 saturated heterocycles. The third kappa shape index (κ3) is 2.54. The van der Waals surface area contributed by atoms with E-state index in [-0.39, 0.29) is 5.91 Å². The smallest absolute Gasteiger partial charge is 0.250 e. The molecular weight excluding hydrogens is 106 g/mol. The van der Waals surface area contributed by atoms with Crippen LogP contribution in [0.3, 0.4) is 0 Å². The zero-order valence-electron chi connectivity index (χ0n) is 5.06. The summed E-state index contributed by atoms with van der Waals surface area (Å²) in [7, 11) is 1.61. The molecule has 0 aliphatic carbocycles. The molecule has 48 valence electrons. The van der Waals surface area contributed by atoms with Crippen LogP contribution in [0.4, 0.5) is 0 Å². The fourth-order valence-electron chi connectivity index (χ4n) is 0.237. The molecule has 0 aliphatic rings. The summed E-state index contributed by atoms with van der Waals surface area (Å²) in [5.41, 5.74) is 9.97. The zero-order valence-corrected chi connectivity index (χ0v) is 5.06. The van der Waals surface area contributed by atoms with Crippen molar-refractivity contribution < 1.29 is 4.79 Å². The van der Waals surface area contributed by atoms with Crippen molar-refractivity contribution in [1.82, 2.24) is 10.9 Å². The molecule has 1 unspecified atom stereocenters. The zero-order chi connectivity index (χ0) is 6.57. The van der Waals surface area contributed by atoms with Gasteiger partial charge in [-0.1, -0.05) is 0 Å². The van der Waals surface area contributed by atoms with Gasteiger partial charge in [-0.2, -0.15) is 0 Å². The lowest BCUT2D eigenvalue weighted by atomic mass is 10.4. The van der Waals surface area contributed by atoms with Crippen LogP contribution >= 0.6 is 0 Å². The topological polar surface area (TPSA) is 67.1 Å². The monoisotopic (exact) mass is 117 g/mol. The van der Waals surface area contributed by atoms with Crippen molar-refractivity contribution in [3.8, 4) is 0 Å². The molecule has 0 heterocycles. The number of hydrogen-bond donors (Lipinski definition) is 3. The van der Waals surface area contributed by atoms with E-state index in [9.17, 15) is 4.79 Å². The van der Waals surface area contributed by atoms with Crippen LogP contribution in [0.1, 0.15) is 6.92 Å². The van der Waals surface area contributed by atoms with Gasteiger partial charge < -0.3 is 5.73 Å². The van der Waals surface area contributed by atoms with Crippen LogP contribution < -0.4 is 16.6 Å². The second kappa shape index (κ2) is 3.40. The van der Waals surface area contributed by atoms with Crippen molar-refractivity contribution in [1.29, 1.82) is 0 Å². The van der Waals surface area contributed by atoms with Gasteiger partial charge in [-0.3, -0.25) is 10.2 Å². The number of nitrogens with two attached hydrogens (primary N) is 1. The molecule has 0 rings (SSSR count). The summed E-state index contributed by atoms with van der Waals surface area (Å²) in [4.78, 5) is 10.4. The lowest BCUT2D eigenvalue weighted by Crippen LogP contribution is -2.43. The summed E-state index contributed by atoms with van der Waals surface area (Å²) in [5.74, 6) is -0.201. The minimum atomic E-state index is -0.442. The van der Waals surface area contributed by atoms with Crippen LogP contribution in [-0.4, -0.2) is 19.0 Å². The van der Waals surface area contributed by atoms with Crippen molar-refractivity contribution >= 4 is 5.91 Å². The first-order valence-electron chi connectivity index (χ1n) is 2.40. The first kappa shape index (κ1) is 7.39. The summed E-state index contributed by atoms with van der Waals surface area (Å²) in [6.45, 7) is 1.62. The van der Waals surface area contributed by atoms with Crippen LogP contribution in [0, 0.1) is 0 Å². The van der Waals surface area contributed by atoms with Crippen LogP contribution in [0.15, 0.2) is 0 Å². The first-order valence-corrected chi connectivity index (χ1v) is 2.40. The van der Waals surface area contributed by atoms with Gasteiger partial charge in [0, 0.05) is 7.05 Å². The van der Waals surface area contributed by atoms with E-state index < -0.39 is 6.04 Å². The molecule has 0 spiro atoms. The molecule has 0 aromatic heterocycles. The van der Waals surface area contributed by atoms with Gasteiger partial charge in [-0.25, -0.2) is 5.43 Å². The Morgan fingerprint density at radius 2 is 2.25 bits per heavy atom. The van der Waals surface area contributed by atoms with E-state index in [1.807, 2.05) is 0 Å². The van der Waals surface area contributed by atoms with Crippen molar-refractivity contribution in [2.45, 2.75) is 13.0 Å². The number of rotatable bonds is 2. The van der Waals surface area contributed by atoms with Gasteiger partial charge in [0.1, 0.15) is 0 Å². The number of nitrogens with one attached hydrogen (secondary N) is 2. The van der Waals surface area contributed by atoms with Gasteiger partial charge in [0.15, 0.2) is 0 Å². The minimum absolute atomic E-state index is 0.201. The Morgan fingerprint density at radius 3 is 2.38 bits per heavy atom. The summed E-state index contributed by atoms with van der Waals surface area (Å²) >= 11 is 0. The summed E-state index contributed by atoms with van der Waals surface area (Å²) in [6.07, 6.45) is 0. The highest BCUT2D eigenvalue weighted by molar-refractivity contribution is 5.80. The summed E-state index contributed by atoms with van der Waals surface area (Å²) in [6, 6.07) is -0.442. The average molecular weight is 117 g/mol. The van der Waals surface area contributed by atoms with Gasteiger partial charge in [0.25, 0.3) is 5.91 Å². The van der Waals surface area contributed by atoms with Crippen molar-refractivity contribution in [3.05, 3.63) is 0 Å². The lowest BCUT2D eigenvalue weighted by molar-refractivity contribution is -0.122. The Labute approximate surface area is 48.4 Å². The highest BCUT2D eigenvalue weighted by Gasteiger charge is 2.02. The number of carbonyl (C=O) groups is 1. The molecule has 0 aromatic rings. The maximum Gasteiger partial charge on any atom is 0.250 e. The van der Waals surface area contributed by atoms with Crippen LogP contribution in [0.2, 0.25) is 0 Å². The normalized spacial score (nSPS) is 12.9. The Bertz CT molecular complexity index is 81.4. The number of hydrogen-bond acceptors (Lipinski definition) is 3. The number of hydrazine groups is 1. The molecule has 0 saturated carbocycles. The summed E-state index contributed by atoms with van der Waals surface area (Å²) < 4.78 is 0. The predicted octanol–water partition coefficient (Wildman–Crippen LogP) is -1.42. The summed E-state index contributed by atoms with van der Waals surface area (Å²) in [5, 5.41) is 0. The first-order chi connectivity index (χ1) is 3.68. The molecule has 0 aliphatic heterocycles. The van der Waals surface area contributed by atoms with Crippen LogP contribution in [-0.2, 0) is 4.79 Å². The Kier molecular flexibility index (Phi) is 3.14. The van der Waals surface area contributed by atoms with Crippen molar-refractivity contribution in [2.24, 2.45) is 5.73 Å². The van der Waals surface area contributed by atoms with E-state index in [1.165, 1.54) is 0 Å².